The van der Waals surface area contributed by atoms with Gasteiger partial charge in [0, 0.05) is 24.4 Å². The predicted octanol–water partition coefficient (Wildman–Crippen LogP) is 2.20. The summed E-state index contributed by atoms with van der Waals surface area (Å²) in [5.74, 6) is -0.0558. The van der Waals surface area contributed by atoms with Crippen LogP contribution in [0.4, 0.5) is 5.69 Å². The van der Waals surface area contributed by atoms with E-state index in [9.17, 15) is 4.79 Å². The minimum absolute atomic E-state index is 0.0558. The highest BCUT2D eigenvalue weighted by molar-refractivity contribution is 5.94. The van der Waals surface area contributed by atoms with E-state index in [4.69, 9.17) is 10.5 Å². The van der Waals surface area contributed by atoms with Gasteiger partial charge in [0.1, 0.15) is 0 Å². The van der Waals surface area contributed by atoms with E-state index >= 15 is 0 Å². The predicted molar refractivity (Wildman–Crippen MR) is 73.5 cm³/mol. The van der Waals surface area contributed by atoms with Gasteiger partial charge < -0.3 is 15.8 Å². The SMILES string of the molecule is CC(C)OCCCCNC(=O)c1ccc(N)cc1. The van der Waals surface area contributed by atoms with Gasteiger partial charge in [0.2, 0.25) is 0 Å². The van der Waals surface area contributed by atoms with E-state index in [1.807, 2.05) is 13.8 Å². The van der Waals surface area contributed by atoms with Crippen LogP contribution < -0.4 is 11.1 Å². The van der Waals surface area contributed by atoms with Crippen molar-refractivity contribution in [2.75, 3.05) is 18.9 Å². The summed E-state index contributed by atoms with van der Waals surface area (Å²) >= 11 is 0. The molecule has 4 nitrogen and oxygen atoms in total. The van der Waals surface area contributed by atoms with E-state index in [1.54, 1.807) is 24.3 Å². The number of anilines is 1. The standard InChI is InChI=1S/C14H22N2O2/c1-11(2)18-10-4-3-9-16-14(17)12-5-7-13(15)8-6-12/h5-8,11H,3-4,9-10,15H2,1-2H3,(H,16,17). The Bertz CT molecular complexity index is 361. The van der Waals surface area contributed by atoms with Gasteiger partial charge in [0.15, 0.2) is 0 Å². The van der Waals surface area contributed by atoms with Gasteiger partial charge in [-0.3, -0.25) is 4.79 Å². The van der Waals surface area contributed by atoms with Crippen LogP contribution in [-0.2, 0) is 4.74 Å². The van der Waals surface area contributed by atoms with Crippen LogP contribution in [0.25, 0.3) is 0 Å². The molecule has 1 aromatic rings. The van der Waals surface area contributed by atoms with Crippen LogP contribution in [-0.4, -0.2) is 25.2 Å². The number of hydrogen-bond acceptors (Lipinski definition) is 3. The lowest BCUT2D eigenvalue weighted by atomic mass is 10.2. The van der Waals surface area contributed by atoms with Gasteiger partial charge in [-0.15, -0.1) is 0 Å². The van der Waals surface area contributed by atoms with Crippen LogP contribution in [0.1, 0.15) is 37.0 Å². The van der Waals surface area contributed by atoms with Crippen molar-refractivity contribution in [3.8, 4) is 0 Å². The average Bonchev–Trinajstić information content (AvgIpc) is 2.34. The van der Waals surface area contributed by atoms with Crippen LogP contribution >= 0.6 is 0 Å². The highest BCUT2D eigenvalue weighted by Gasteiger charge is 2.03. The molecule has 0 spiro atoms. The number of rotatable bonds is 7. The Morgan fingerprint density at radius 2 is 1.94 bits per heavy atom. The zero-order chi connectivity index (χ0) is 13.4. The van der Waals surface area contributed by atoms with Crippen molar-refractivity contribution in [3.05, 3.63) is 29.8 Å². The Morgan fingerprint density at radius 1 is 1.28 bits per heavy atom. The lowest BCUT2D eigenvalue weighted by molar-refractivity contribution is 0.0754. The quantitative estimate of drug-likeness (QED) is 0.576. The smallest absolute Gasteiger partial charge is 0.251 e. The van der Waals surface area contributed by atoms with Crippen LogP contribution in [0, 0.1) is 0 Å². The molecule has 3 N–H and O–H groups in total. The maximum absolute atomic E-state index is 11.7. The summed E-state index contributed by atoms with van der Waals surface area (Å²) in [6, 6.07) is 6.91. The van der Waals surface area contributed by atoms with Crippen molar-refractivity contribution in [2.24, 2.45) is 0 Å². The highest BCUT2D eigenvalue weighted by atomic mass is 16.5. The third kappa shape index (κ3) is 5.68. The molecule has 18 heavy (non-hydrogen) atoms. The van der Waals surface area contributed by atoms with Gasteiger partial charge in [-0.25, -0.2) is 0 Å². The van der Waals surface area contributed by atoms with Gasteiger partial charge in [-0.05, 0) is 51.0 Å². The van der Waals surface area contributed by atoms with Crippen molar-refractivity contribution in [1.82, 2.24) is 5.32 Å². The molecule has 0 radical (unpaired) electrons. The summed E-state index contributed by atoms with van der Waals surface area (Å²) in [6.07, 6.45) is 2.16. The molecule has 1 amide bonds. The lowest BCUT2D eigenvalue weighted by Gasteiger charge is -2.08. The fourth-order valence-corrected chi connectivity index (χ4v) is 1.48. The topological polar surface area (TPSA) is 64.3 Å². The van der Waals surface area contributed by atoms with Crippen molar-refractivity contribution in [3.63, 3.8) is 0 Å². The third-order valence-electron chi connectivity index (χ3n) is 2.48. The Balaban J connectivity index is 2.16. The van der Waals surface area contributed by atoms with Crippen molar-refractivity contribution >= 4 is 11.6 Å². The molecule has 0 aliphatic carbocycles. The van der Waals surface area contributed by atoms with Crippen LogP contribution in [0.3, 0.4) is 0 Å². The maximum Gasteiger partial charge on any atom is 0.251 e. The molecule has 4 heteroatoms. The first kappa shape index (κ1) is 14.5. The van der Waals surface area contributed by atoms with Crippen LogP contribution in [0.5, 0.6) is 0 Å². The molecule has 0 aromatic heterocycles. The van der Waals surface area contributed by atoms with Crippen molar-refractivity contribution in [2.45, 2.75) is 32.8 Å². The van der Waals surface area contributed by atoms with Crippen LogP contribution in [0.2, 0.25) is 0 Å². The number of nitrogens with one attached hydrogen (secondary N) is 1. The number of unbranched alkanes of at least 4 members (excludes halogenated alkanes) is 1. The fourth-order valence-electron chi connectivity index (χ4n) is 1.48. The number of carbonyl (C=O) groups excluding carboxylic acids is 1. The average molecular weight is 250 g/mol. The van der Waals surface area contributed by atoms with E-state index in [2.05, 4.69) is 5.32 Å². The second-order valence-corrected chi connectivity index (χ2v) is 4.50. The highest BCUT2D eigenvalue weighted by Crippen LogP contribution is 2.05. The zero-order valence-corrected chi connectivity index (χ0v) is 11.1. The summed E-state index contributed by atoms with van der Waals surface area (Å²) in [6.45, 7) is 5.45. The molecule has 0 heterocycles. The van der Waals surface area contributed by atoms with Gasteiger partial charge in [-0.1, -0.05) is 0 Å². The minimum Gasteiger partial charge on any atom is -0.399 e. The molecule has 0 fully saturated rings. The van der Waals surface area contributed by atoms with E-state index < -0.39 is 0 Å². The van der Waals surface area contributed by atoms with E-state index in [1.165, 1.54) is 0 Å². The molecule has 0 saturated heterocycles. The van der Waals surface area contributed by atoms with Crippen LogP contribution in [0.15, 0.2) is 24.3 Å². The maximum atomic E-state index is 11.7. The molecule has 1 rings (SSSR count). The number of nitrogens with two attached hydrogens (primary N) is 1. The monoisotopic (exact) mass is 250 g/mol. The molecule has 1 aromatic carbocycles. The number of hydrogen-bond donors (Lipinski definition) is 2. The number of nitrogen functional groups attached to an aromatic ring is 1. The van der Waals surface area contributed by atoms with Gasteiger partial charge in [0.25, 0.3) is 5.91 Å². The Labute approximate surface area is 109 Å². The molecular formula is C14H22N2O2. The van der Waals surface area contributed by atoms with Crippen molar-refractivity contribution < 1.29 is 9.53 Å². The van der Waals surface area contributed by atoms with Crippen molar-refractivity contribution in [1.29, 1.82) is 0 Å². The molecule has 0 atom stereocenters. The molecule has 100 valence electrons. The van der Waals surface area contributed by atoms with Gasteiger partial charge in [-0.2, -0.15) is 0 Å². The second-order valence-electron chi connectivity index (χ2n) is 4.50. The summed E-state index contributed by atoms with van der Waals surface area (Å²) in [4.78, 5) is 11.7. The van der Waals surface area contributed by atoms with Gasteiger partial charge in [0.05, 0.1) is 6.10 Å². The third-order valence-corrected chi connectivity index (χ3v) is 2.48. The number of carbonyl (C=O) groups is 1. The molecule has 0 aliphatic rings. The van der Waals surface area contributed by atoms with E-state index in [0.29, 0.717) is 17.8 Å². The minimum atomic E-state index is -0.0558. The number of benzene rings is 1. The molecular weight excluding hydrogens is 228 g/mol. The first-order valence-electron chi connectivity index (χ1n) is 6.35. The first-order valence-corrected chi connectivity index (χ1v) is 6.35. The summed E-state index contributed by atoms with van der Waals surface area (Å²) in [5.41, 5.74) is 6.87. The molecule has 0 unspecified atom stereocenters. The Morgan fingerprint density at radius 3 is 2.56 bits per heavy atom. The first-order chi connectivity index (χ1) is 8.59. The lowest BCUT2D eigenvalue weighted by Crippen LogP contribution is -2.24. The van der Waals surface area contributed by atoms with E-state index in [0.717, 1.165) is 19.4 Å². The Hall–Kier alpha value is -1.55. The Kier molecular flexibility index (Phi) is 6.22. The normalized spacial score (nSPS) is 10.6. The zero-order valence-electron chi connectivity index (χ0n) is 11.1. The largest absolute Gasteiger partial charge is 0.399 e. The summed E-state index contributed by atoms with van der Waals surface area (Å²) in [7, 11) is 0. The van der Waals surface area contributed by atoms with Gasteiger partial charge >= 0.3 is 0 Å². The summed E-state index contributed by atoms with van der Waals surface area (Å²) < 4.78 is 5.42. The summed E-state index contributed by atoms with van der Waals surface area (Å²) in [5, 5.41) is 2.87. The molecule has 0 saturated carbocycles. The number of amides is 1. The fraction of sp³-hybridized carbons (Fsp3) is 0.500. The molecule has 0 aliphatic heterocycles. The molecule has 0 bridgehead atoms. The second kappa shape index (κ2) is 7.71. The number of ether oxygens (including phenoxy) is 1. The van der Waals surface area contributed by atoms with E-state index in [-0.39, 0.29) is 12.0 Å².